The maximum atomic E-state index is 13.5. The van der Waals surface area contributed by atoms with Gasteiger partial charge in [0.1, 0.15) is 5.82 Å². The van der Waals surface area contributed by atoms with Gasteiger partial charge in [0.15, 0.2) is 0 Å². The van der Waals surface area contributed by atoms with Crippen LogP contribution in [-0.2, 0) is 11.2 Å². The van der Waals surface area contributed by atoms with Crippen LogP contribution in [0.4, 0.5) is 4.39 Å². The van der Waals surface area contributed by atoms with Gasteiger partial charge in [-0.2, -0.15) is 0 Å². The van der Waals surface area contributed by atoms with Crippen LogP contribution < -0.4 is 5.32 Å². The third kappa shape index (κ3) is 4.19. The van der Waals surface area contributed by atoms with Gasteiger partial charge in [-0.25, -0.2) is 9.37 Å². The van der Waals surface area contributed by atoms with Crippen molar-refractivity contribution >= 4 is 17.2 Å². The molecule has 0 bridgehead atoms. The SMILES string of the molecule is Cc1nc(CCCC(=O)N2CCNCC2c2cccc(F)c2)cs1. The Morgan fingerprint density at radius 1 is 1.50 bits per heavy atom. The number of thiazole rings is 1. The first-order valence-corrected chi connectivity index (χ1v) is 9.18. The van der Waals surface area contributed by atoms with Crippen LogP contribution in [-0.4, -0.2) is 35.4 Å². The van der Waals surface area contributed by atoms with Gasteiger partial charge in [0, 0.05) is 31.4 Å². The van der Waals surface area contributed by atoms with Crippen molar-refractivity contribution < 1.29 is 9.18 Å². The lowest BCUT2D eigenvalue weighted by Gasteiger charge is -2.36. The molecule has 128 valence electrons. The molecule has 0 radical (unpaired) electrons. The summed E-state index contributed by atoms with van der Waals surface area (Å²) in [4.78, 5) is 19.0. The van der Waals surface area contributed by atoms with Gasteiger partial charge in [-0.15, -0.1) is 11.3 Å². The largest absolute Gasteiger partial charge is 0.333 e. The molecule has 1 aromatic carbocycles. The van der Waals surface area contributed by atoms with E-state index in [9.17, 15) is 9.18 Å². The number of piperazine rings is 1. The standard InChI is InChI=1S/C18H22FN3OS/c1-13-21-16(12-24-13)6-3-7-18(23)22-9-8-20-11-17(22)14-4-2-5-15(19)10-14/h2,4-5,10,12,17,20H,3,6-9,11H2,1H3. The lowest BCUT2D eigenvalue weighted by Crippen LogP contribution is -2.48. The van der Waals surface area contributed by atoms with E-state index in [1.54, 1.807) is 17.4 Å². The predicted molar refractivity (Wildman–Crippen MR) is 93.5 cm³/mol. The quantitative estimate of drug-likeness (QED) is 0.904. The second kappa shape index (κ2) is 7.85. The van der Waals surface area contributed by atoms with E-state index in [0.717, 1.165) is 35.7 Å². The van der Waals surface area contributed by atoms with E-state index in [1.807, 2.05) is 17.9 Å². The van der Waals surface area contributed by atoms with Crippen molar-refractivity contribution in [2.75, 3.05) is 19.6 Å². The summed E-state index contributed by atoms with van der Waals surface area (Å²) in [5.74, 6) is -0.123. The summed E-state index contributed by atoms with van der Waals surface area (Å²) >= 11 is 1.64. The number of carbonyl (C=O) groups excluding carboxylic acids is 1. The Bertz CT molecular complexity index is 703. The van der Waals surface area contributed by atoms with Crippen LogP contribution in [0.3, 0.4) is 0 Å². The zero-order valence-electron chi connectivity index (χ0n) is 13.8. The van der Waals surface area contributed by atoms with Crippen LogP contribution in [0.25, 0.3) is 0 Å². The smallest absolute Gasteiger partial charge is 0.223 e. The van der Waals surface area contributed by atoms with Gasteiger partial charge in [0.2, 0.25) is 5.91 Å². The summed E-state index contributed by atoms with van der Waals surface area (Å²) in [6, 6.07) is 6.45. The number of benzene rings is 1. The number of nitrogens with one attached hydrogen (secondary N) is 1. The van der Waals surface area contributed by atoms with Gasteiger partial charge in [0.25, 0.3) is 0 Å². The summed E-state index contributed by atoms with van der Waals surface area (Å²) in [7, 11) is 0. The van der Waals surface area contributed by atoms with Crippen molar-refractivity contribution in [3.63, 3.8) is 0 Å². The Kier molecular flexibility index (Phi) is 5.58. The molecule has 1 N–H and O–H groups in total. The fourth-order valence-corrected chi connectivity index (χ4v) is 3.75. The van der Waals surface area contributed by atoms with Gasteiger partial charge >= 0.3 is 0 Å². The number of carbonyl (C=O) groups is 1. The van der Waals surface area contributed by atoms with Crippen molar-refractivity contribution in [3.8, 4) is 0 Å². The van der Waals surface area contributed by atoms with Crippen LogP contribution in [0, 0.1) is 12.7 Å². The molecule has 1 saturated heterocycles. The fraction of sp³-hybridized carbons (Fsp3) is 0.444. The third-order valence-corrected chi connectivity index (χ3v) is 5.11. The zero-order chi connectivity index (χ0) is 16.9. The molecule has 6 heteroatoms. The van der Waals surface area contributed by atoms with E-state index in [1.165, 1.54) is 12.1 Å². The van der Waals surface area contributed by atoms with E-state index >= 15 is 0 Å². The molecular formula is C18H22FN3OS. The zero-order valence-corrected chi connectivity index (χ0v) is 14.6. The third-order valence-electron chi connectivity index (χ3n) is 4.29. The first-order valence-electron chi connectivity index (χ1n) is 8.30. The van der Waals surface area contributed by atoms with Crippen LogP contribution in [0.15, 0.2) is 29.6 Å². The molecule has 1 aliphatic heterocycles. The second-order valence-corrected chi connectivity index (χ2v) is 7.14. The first kappa shape index (κ1) is 17.0. The molecule has 24 heavy (non-hydrogen) atoms. The molecular weight excluding hydrogens is 325 g/mol. The summed E-state index contributed by atoms with van der Waals surface area (Å²) in [6.07, 6.45) is 2.12. The number of hydrogen-bond donors (Lipinski definition) is 1. The highest BCUT2D eigenvalue weighted by atomic mass is 32.1. The highest BCUT2D eigenvalue weighted by Gasteiger charge is 2.27. The molecule has 4 nitrogen and oxygen atoms in total. The Morgan fingerprint density at radius 2 is 2.38 bits per heavy atom. The van der Waals surface area contributed by atoms with E-state index in [0.29, 0.717) is 19.5 Å². The van der Waals surface area contributed by atoms with Crippen molar-refractivity contribution in [1.82, 2.24) is 15.2 Å². The lowest BCUT2D eigenvalue weighted by atomic mass is 10.0. The molecule has 1 amide bonds. The molecule has 2 heterocycles. The number of halogens is 1. The van der Waals surface area contributed by atoms with Gasteiger partial charge in [-0.3, -0.25) is 4.79 Å². The maximum Gasteiger partial charge on any atom is 0.223 e. The van der Waals surface area contributed by atoms with Gasteiger partial charge in [-0.1, -0.05) is 12.1 Å². The van der Waals surface area contributed by atoms with Crippen molar-refractivity contribution in [2.45, 2.75) is 32.2 Å². The van der Waals surface area contributed by atoms with E-state index in [-0.39, 0.29) is 17.8 Å². The van der Waals surface area contributed by atoms with Crippen LogP contribution in [0.2, 0.25) is 0 Å². The molecule has 2 aromatic rings. The molecule has 0 saturated carbocycles. The highest BCUT2D eigenvalue weighted by Crippen LogP contribution is 2.24. The van der Waals surface area contributed by atoms with Crippen LogP contribution in [0.1, 0.15) is 35.1 Å². The Balaban J connectivity index is 1.61. The molecule has 1 atom stereocenters. The van der Waals surface area contributed by atoms with Crippen LogP contribution in [0.5, 0.6) is 0 Å². The fourth-order valence-electron chi connectivity index (χ4n) is 3.10. The van der Waals surface area contributed by atoms with E-state index in [4.69, 9.17) is 0 Å². The molecule has 1 unspecified atom stereocenters. The normalized spacial score (nSPS) is 17.9. The number of aromatic nitrogens is 1. The number of aryl methyl sites for hydroxylation is 2. The average molecular weight is 347 g/mol. The number of amides is 1. The molecule has 1 fully saturated rings. The van der Waals surface area contributed by atoms with Crippen molar-refractivity contribution in [2.24, 2.45) is 0 Å². The Morgan fingerprint density at radius 3 is 3.12 bits per heavy atom. The Hall–Kier alpha value is -1.79. The first-order chi connectivity index (χ1) is 11.6. The highest BCUT2D eigenvalue weighted by molar-refractivity contribution is 7.09. The summed E-state index contributed by atoms with van der Waals surface area (Å²) in [6.45, 7) is 4.10. The summed E-state index contributed by atoms with van der Waals surface area (Å²) < 4.78 is 13.5. The van der Waals surface area contributed by atoms with Gasteiger partial charge in [0.05, 0.1) is 16.7 Å². The van der Waals surface area contributed by atoms with Gasteiger partial charge < -0.3 is 10.2 Å². The Labute approximate surface area is 145 Å². The molecule has 1 aliphatic rings. The summed E-state index contributed by atoms with van der Waals surface area (Å²) in [5.41, 5.74) is 1.91. The number of nitrogens with zero attached hydrogens (tertiary/aromatic N) is 2. The average Bonchev–Trinajstić information content (AvgIpc) is 3.00. The topological polar surface area (TPSA) is 45.2 Å². The van der Waals surface area contributed by atoms with E-state index < -0.39 is 0 Å². The monoisotopic (exact) mass is 347 g/mol. The number of hydrogen-bond acceptors (Lipinski definition) is 4. The van der Waals surface area contributed by atoms with Crippen molar-refractivity contribution in [3.05, 3.63) is 51.7 Å². The minimum atomic E-state index is -0.260. The molecule has 0 spiro atoms. The number of rotatable bonds is 5. The molecule has 0 aliphatic carbocycles. The molecule has 1 aromatic heterocycles. The lowest BCUT2D eigenvalue weighted by molar-refractivity contribution is -0.134. The van der Waals surface area contributed by atoms with E-state index in [2.05, 4.69) is 15.7 Å². The second-order valence-electron chi connectivity index (χ2n) is 6.07. The minimum absolute atomic E-state index is 0.0940. The van der Waals surface area contributed by atoms with Crippen LogP contribution >= 0.6 is 11.3 Å². The van der Waals surface area contributed by atoms with Crippen molar-refractivity contribution in [1.29, 1.82) is 0 Å². The van der Waals surface area contributed by atoms with Gasteiger partial charge in [-0.05, 0) is 37.5 Å². The minimum Gasteiger partial charge on any atom is -0.333 e. The predicted octanol–water partition coefficient (Wildman–Crippen LogP) is 3.09. The maximum absolute atomic E-state index is 13.5. The summed E-state index contributed by atoms with van der Waals surface area (Å²) in [5, 5.41) is 6.41. The molecule has 3 rings (SSSR count).